The topological polar surface area (TPSA) is 84.7 Å². The van der Waals surface area contributed by atoms with Gasteiger partial charge in [0.05, 0.1) is 5.56 Å². The third-order valence-electron chi connectivity index (χ3n) is 4.06. The van der Waals surface area contributed by atoms with Gasteiger partial charge in [0, 0.05) is 23.5 Å². The average Bonchev–Trinajstić information content (AvgIpc) is 2.65. The molecule has 0 saturated carbocycles. The number of amides is 1. The van der Waals surface area contributed by atoms with Crippen LogP contribution in [-0.2, 0) is 4.74 Å². The van der Waals surface area contributed by atoms with Crippen molar-refractivity contribution in [2.24, 2.45) is 0 Å². The van der Waals surface area contributed by atoms with Crippen LogP contribution in [0.1, 0.15) is 34.6 Å². The summed E-state index contributed by atoms with van der Waals surface area (Å²) in [6.45, 7) is 7.07. The van der Waals surface area contributed by atoms with Gasteiger partial charge in [0.25, 0.3) is 5.91 Å². The van der Waals surface area contributed by atoms with E-state index >= 15 is 0 Å². The molecule has 6 nitrogen and oxygen atoms in total. The standard InChI is InChI=1S/C20H25N3O3.ClH/c1-3-23(4-2)12-13-26-20(25)15-8-10-18(11-9-15)22-19(24)16-6-5-7-17(21)14-16;/h5-11,14H,3-4,12-13,21H2,1-2H3,(H,22,24);1H. The Balaban J connectivity index is 0.00000364. The van der Waals surface area contributed by atoms with Gasteiger partial charge in [-0.05, 0) is 55.6 Å². The average molecular weight is 392 g/mol. The highest BCUT2D eigenvalue weighted by Gasteiger charge is 2.10. The second-order valence-electron chi connectivity index (χ2n) is 5.82. The van der Waals surface area contributed by atoms with E-state index in [1.807, 2.05) is 0 Å². The summed E-state index contributed by atoms with van der Waals surface area (Å²) >= 11 is 0. The highest BCUT2D eigenvalue weighted by atomic mass is 35.5. The molecule has 0 atom stereocenters. The maximum Gasteiger partial charge on any atom is 0.338 e. The predicted molar refractivity (Wildman–Crippen MR) is 111 cm³/mol. The summed E-state index contributed by atoms with van der Waals surface area (Å²) in [5, 5.41) is 2.77. The van der Waals surface area contributed by atoms with Crippen LogP contribution in [0.5, 0.6) is 0 Å². The molecular formula is C20H26ClN3O3. The third-order valence-corrected chi connectivity index (χ3v) is 4.06. The van der Waals surface area contributed by atoms with Crippen LogP contribution in [0.15, 0.2) is 48.5 Å². The van der Waals surface area contributed by atoms with Crippen molar-refractivity contribution in [3.8, 4) is 0 Å². The van der Waals surface area contributed by atoms with Gasteiger partial charge >= 0.3 is 5.97 Å². The number of hydrogen-bond donors (Lipinski definition) is 2. The lowest BCUT2D eigenvalue weighted by Crippen LogP contribution is -2.27. The first-order chi connectivity index (χ1) is 12.5. The quantitative estimate of drug-likeness (QED) is 0.532. The van der Waals surface area contributed by atoms with Crippen molar-refractivity contribution >= 4 is 35.7 Å². The number of nitrogens with two attached hydrogens (primary N) is 1. The minimum absolute atomic E-state index is 0. The van der Waals surface area contributed by atoms with Crippen LogP contribution in [0.25, 0.3) is 0 Å². The van der Waals surface area contributed by atoms with E-state index in [0.29, 0.717) is 35.7 Å². The molecule has 2 aromatic rings. The number of likely N-dealkylation sites (N-methyl/N-ethyl adjacent to an activating group) is 1. The van der Waals surface area contributed by atoms with Gasteiger partial charge in [0.2, 0.25) is 0 Å². The van der Waals surface area contributed by atoms with Gasteiger partial charge in [-0.1, -0.05) is 19.9 Å². The summed E-state index contributed by atoms with van der Waals surface area (Å²) in [6.07, 6.45) is 0. The molecule has 1 amide bonds. The Morgan fingerprint density at radius 3 is 2.30 bits per heavy atom. The Labute approximate surface area is 166 Å². The summed E-state index contributed by atoms with van der Waals surface area (Å²) in [7, 11) is 0. The number of esters is 1. The van der Waals surface area contributed by atoms with E-state index in [9.17, 15) is 9.59 Å². The predicted octanol–water partition coefficient (Wildman–Crippen LogP) is 3.44. The number of nitrogens with one attached hydrogen (secondary N) is 1. The number of rotatable bonds is 8. The van der Waals surface area contributed by atoms with E-state index in [1.54, 1.807) is 48.5 Å². The minimum Gasteiger partial charge on any atom is -0.461 e. The van der Waals surface area contributed by atoms with Gasteiger partial charge in [-0.25, -0.2) is 4.79 Å². The summed E-state index contributed by atoms with van der Waals surface area (Å²) in [4.78, 5) is 26.4. The van der Waals surface area contributed by atoms with Crippen molar-refractivity contribution in [3.05, 3.63) is 59.7 Å². The fraction of sp³-hybridized carbons (Fsp3) is 0.300. The second kappa shape index (κ2) is 11.2. The van der Waals surface area contributed by atoms with Gasteiger partial charge in [-0.15, -0.1) is 12.4 Å². The van der Waals surface area contributed by atoms with Crippen LogP contribution in [-0.4, -0.2) is 43.0 Å². The molecule has 0 unspecified atom stereocenters. The molecule has 0 spiro atoms. The largest absolute Gasteiger partial charge is 0.461 e. The molecule has 2 rings (SSSR count). The number of carbonyl (C=O) groups excluding carboxylic acids is 2. The van der Waals surface area contributed by atoms with E-state index in [1.165, 1.54) is 0 Å². The fourth-order valence-electron chi connectivity index (χ4n) is 2.46. The molecule has 0 saturated heterocycles. The van der Waals surface area contributed by atoms with Gasteiger partial charge in [-0.3, -0.25) is 4.79 Å². The summed E-state index contributed by atoms with van der Waals surface area (Å²) in [5.41, 5.74) is 7.73. The highest BCUT2D eigenvalue weighted by Crippen LogP contribution is 2.13. The van der Waals surface area contributed by atoms with Crippen molar-refractivity contribution in [3.63, 3.8) is 0 Å². The van der Waals surface area contributed by atoms with E-state index in [-0.39, 0.29) is 24.3 Å². The van der Waals surface area contributed by atoms with Crippen LogP contribution in [0.3, 0.4) is 0 Å². The van der Waals surface area contributed by atoms with Crippen LogP contribution in [0.2, 0.25) is 0 Å². The molecule has 0 aliphatic rings. The van der Waals surface area contributed by atoms with Crippen LogP contribution in [0, 0.1) is 0 Å². The van der Waals surface area contributed by atoms with Gasteiger partial charge in [0.15, 0.2) is 0 Å². The molecule has 146 valence electrons. The summed E-state index contributed by atoms with van der Waals surface area (Å²) in [6, 6.07) is 13.4. The number of halogens is 1. The Bertz CT molecular complexity index is 746. The second-order valence-corrected chi connectivity index (χ2v) is 5.82. The number of hydrogen-bond acceptors (Lipinski definition) is 5. The van der Waals surface area contributed by atoms with Gasteiger partial charge < -0.3 is 20.7 Å². The highest BCUT2D eigenvalue weighted by molar-refractivity contribution is 6.05. The molecule has 0 fully saturated rings. The molecule has 0 aromatic heterocycles. The van der Waals surface area contributed by atoms with Gasteiger partial charge in [0.1, 0.15) is 6.61 Å². The van der Waals surface area contributed by atoms with Crippen LogP contribution < -0.4 is 11.1 Å². The lowest BCUT2D eigenvalue weighted by molar-refractivity contribution is 0.0466. The number of carbonyl (C=O) groups is 2. The Hall–Kier alpha value is -2.57. The Morgan fingerprint density at radius 2 is 1.70 bits per heavy atom. The zero-order valence-corrected chi connectivity index (χ0v) is 16.4. The van der Waals surface area contributed by atoms with Crippen molar-refractivity contribution < 1.29 is 14.3 Å². The zero-order chi connectivity index (χ0) is 18.9. The number of anilines is 2. The van der Waals surface area contributed by atoms with E-state index in [4.69, 9.17) is 10.5 Å². The van der Waals surface area contributed by atoms with Crippen molar-refractivity contribution in [2.75, 3.05) is 37.3 Å². The number of nitrogen functional groups attached to an aromatic ring is 1. The first-order valence-corrected chi connectivity index (χ1v) is 8.70. The van der Waals surface area contributed by atoms with Crippen molar-refractivity contribution in [1.82, 2.24) is 4.90 Å². The molecule has 0 aliphatic heterocycles. The number of benzene rings is 2. The first-order valence-electron chi connectivity index (χ1n) is 8.70. The molecular weight excluding hydrogens is 366 g/mol. The Kier molecular flexibility index (Phi) is 9.33. The maximum absolute atomic E-state index is 12.2. The molecule has 7 heteroatoms. The molecule has 2 aromatic carbocycles. The normalized spacial score (nSPS) is 10.2. The van der Waals surface area contributed by atoms with Crippen molar-refractivity contribution in [2.45, 2.75) is 13.8 Å². The zero-order valence-electron chi connectivity index (χ0n) is 15.6. The fourth-order valence-corrected chi connectivity index (χ4v) is 2.46. The lowest BCUT2D eigenvalue weighted by atomic mass is 10.1. The van der Waals surface area contributed by atoms with Crippen LogP contribution >= 0.6 is 12.4 Å². The number of ether oxygens (including phenoxy) is 1. The molecule has 0 radical (unpaired) electrons. The van der Waals surface area contributed by atoms with E-state index in [2.05, 4.69) is 24.1 Å². The maximum atomic E-state index is 12.2. The molecule has 27 heavy (non-hydrogen) atoms. The van der Waals surface area contributed by atoms with Crippen LogP contribution in [0.4, 0.5) is 11.4 Å². The molecule has 0 aliphatic carbocycles. The van der Waals surface area contributed by atoms with Crippen molar-refractivity contribution in [1.29, 1.82) is 0 Å². The minimum atomic E-state index is -0.370. The first kappa shape index (κ1) is 22.5. The summed E-state index contributed by atoms with van der Waals surface area (Å²) in [5.74, 6) is -0.627. The SMILES string of the molecule is CCN(CC)CCOC(=O)c1ccc(NC(=O)c2cccc(N)c2)cc1.Cl. The smallest absolute Gasteiger partial charge is 0.338 e. The molecule has 0 heterocycles. The Morgan fingerprint density at radius 1 is 1.04 bits per heavy atom. The lowest BCUT2D eigenvalue weighted by Gasteiger charge is -2.17. The molecule has 0 bridgehead atoms. The van der Waals surface area contributed by atoms with E-state index in [0.717, 1.165) is 13.1 Å². The van der Waals surface area contributed by atoms with Gasteiger partial charge in [-0.2, -0.15) is 0 Å². The summed E-state index contributed by atoms with van der Waals surface area (Å²) < 4.78 is 5.28. The number of nitrogens with zero attached hydrogens (tertiary/aromatic N) is 1. The monoisotopic (exact) mass is 391 g/mol. The van der Waals surface area contributed by atoms with E-state index < -0.39 is 0 Å². The molecule has 3 N–H and O–H groups in total. The third kappa shape index (κ3) is 6.92.